The van der Waals surface area contributed by atoms with E-state index in [1.807, 2.05) is 6.07 Å². The zero-order valence-electron chi connectivity index (χ0n) is 9.90. The van der Waals surface area contributed by atoms with Gasteiger partial charge in [-0.1, -0.05) is 12.1 Å². The molecule has 2 aromatic rings. The molecule has 0 saturated heterocycles. The molecule has 0 saturated carbocycles. The highest BCUT2D eigenvalue weighted by Gasteiger charge is 2.04. The van der Waals surface area contributed by atoms with Crippen LogP contribution in [0.2, 0.25) is 0 Å². The van der Waals surface area contributed by atoms with Crippen LogP contribution in [0.15, 0.2) is 45.3 Å². The van der Waals surface area contributed by atoms with Crippen LogP contribution in [0.3, 0.4) is 0 Å². The molecule has 102 valence electrons. The fourth-order valence-electron chi connectivity index (χ4n) is 1.15. The first-order chi connectivity index (χ1) is 8.97. The number of phenols is 2. The van der Waals surface area contributed by atoms with Gasteiger partial charge < -0.3 is 14.9 Å². The topological polar surface area (TPSA) is 49.7 Å². The third kappa shape index (κ3) is 4.40. The van der Waals surface area contributed by atoms with Crippen LogP contribution in [0.25, 0.3) is 0 Å². The Morgan fingerprint density at radius 1 is 0.947 bits per heavy atom. The van der Waals surface area contributed by atoms with E-state index < -0.39 is 11.6 Å². The van der Waals surface area contributed by atoms with E-state index in [4.69, 9.17) is 10.2 Å². The van der Waals surface area contributed by atoms with Crippen LogP contribution in [0.5, 0.6) is 17.2 Å². The van der Waals surface area contributed by atoms with Gasteiger partial charge in [0, 0.05) is 0 Å². The molecule has 0 aliphatic rings. The van der Waals surface area contributed by atoms with E-state index in [0.29, 0.717) is 8.95 Å². The van der Waals surface area contributed by atoms with Gasteiger partial charge in [-0.15, -0.1) is 0 Å². The molecule has 2 N–H and O–H groups in total. The summed E-state index contributed by atoms with van der Waals surface area (Å²) in [5.74, 6) is -0.707. The van der Waals surface area contributed by atoms with Crippen molar-refractivity contribution in [1.82, 2.24) is 0 Å². The highest BCUT2D eigenvalue weighted by molar-refractivity contribution is 9.11. The Labute approximate surface area is 126 Å². The standard InChI is InChI=1S/C7H7FO2.C6H4Br2O/c1-10-6-4-2-3-5(8)7(6)9;7-4-2-1-3-5(8)6(4)9/h2-4,9H,1H3;1-3,9H. The lowest BCUT2D eigenvalue weighted by Gasteiger charge is -2.01. The van der Waals surface area contributed by atoms with Gasteiger partial charge in [-0.2, -0.15) is 0 Å². The molecule has 0 spiro atoms. The van der Waals surface area contributed by atoms with E-state index in [1.165, 1.54) is 19.2 Å². The Kier molecular flexibility index (Phi) is 6.11. The second-order valence-electron chi connectivity index (χ2n) is 3.36. The molecule has 0 fully saturated rings. The number of ether oxygens (including phenoxy) is 1. The van der Waals surface area contributed by atoms with Crippen LogP contribution < -0.4 is 4.74 Å². The monoisotopic (exact) mass is 392 g/mol. The molecule has 0 amide bonds. The van der Waals surface area contributed by atoms with Crippen LogP contribution in [0.4, 0.5) is 4.39 Å². The van der Waals surface area contributed by atoms with Crippen LogP contribution in [0, 0.1) is 5.82 Å². The Morgan fingerprint density at radius 3 is 1.89 bits per heavy atom. The smallest absolute Gasteiger partial charge is 0.194 e. The minimum Gasteiger partial charge on any atom is -0.506 e. The van der Waals surface area contributed by atoms with Crippen molar-refractivity contribution in [2.24, 2.45) is 0 Å². The summed E-state index contributed by atoms with van der Waals surface area (Å²) < 4.78 is 18.5. The summed E-state index contributed by atoms with van der Waals surface area (Å²) in [7, 11) is 1.37. The summed E-state index contributed by atoms with van der Waals surface area (Å²) in [5.41, 5.74) is 0. The fourth-order valence-corrected chi connectivity index (χ4v) is 2.15. The molecule has 3 nitrogen and oxygen atoms in total. The highest BCUT2D eigenvalue weighted by Crippen LogP contribution is 2.31. The minimum atomic E-state index is -0.667. The quantitative estimate of drug-likeness (QED) is 0.752. The summed E-state index contributed by atoms with van der Waals surface area (Å²) in [6.45, 7) is 0. The van der Waals surface area contributed by atoms with Crippen molar-refractivity contribution in [1.29, 1.82) is 0 Å². The molecule has 0 aliphatic carbocycles. The van der Waals surface area contributed by atoms with Crippen molar-refractivity contribution >= 4 is 31.9 Å². The van der Waals surface area contributed by atoms with Gasteiger partial charge in [-0.25, -0.2) is 4.39 Å². The second-order valence-corrected chi connectivity index (χ2v) is 5.07. The van der Waals surface area contributed by atoms with Gasteiger partial charge in [0.1, 0.15) is 5.75 Å². The number of methoxy groups -OCH3 is 1. The third-order valence-electron chi connectivity index (χ3n) is 2.11. The lowest BCUT2D eigenvalue weighted by atomic mass is 10.3. The van der Waals surface area contributed by atoms with E-state index in [0.717, 1.165) is 6.07 Å². The van der Waals surface area contributed by atoms with Gasteiger partial charge in [-0.05, 0) is 56.1 Å². The molecule has 6 heteroatoms. The molecular weight excluding hydrogens is 383 g/mol. The molecule has 0 aliphatic heterocycles. The first-order valence-corrected chi connectivity index (χ1v) is 6.70. The largest absolute Gasteiger partial charge is 0.506 e. The molecule has 0 radical (unpaired) electrons. The van der Waals surface area contributed by atoms with Gasteiger partial charge in [0.25, 0.3) is 0 Å². The summed E-state index contributed by atoms with van der Waals surface area (Å²) in [6, 6.07) is 9.51. The molecule has 19 heavy (non-hydrogen) atoms. The maximum atomic E-state index is 12.4. The van der Waals surface area contributed by atoms with Gasteiger partial charge in [0.05, 0.1) is 16.1 Å². The number of halogens is 3. The average molecular weight is 394 g/mol. The SMILES string of the molecule is COc1cccc(F)c1O.Oc1c(Br)cccc1Br. The van der Waals surface area contributed by atoms with Crippen molar-refractivity contribution in [2.75, 3.05) is 7.11 Å². The zero-order valence-corrected chi connectivity index (χ0v) is 13.1. The molecule has 0 heterocycles. The Balaban J connectivity index is 0.000000191. The number of aromatic hydroxyl groups is 2. The molecule has 0 unspecified atom stereocenters. The van der Waals surface area contributed by atoms with Crippen molar-refractivity contribution < 1.29 is 19.3 Å². The van der Waals surface area contributed by atoms with Gasteiger partial charge in [-0.3, -0.25) is 0 Å². The molecule has 2 aromatic carbocycles. The fraction of sp³-hybridized carbons (Fsp3) is 0.0769. The van der Waals surface area contributed by atoms with Crippen molar-refractivity contribution in [3.8, 4) is 17.2 Å². The Bertz CT molecular complexity index is 541. The molecule has 0 atom stereocenters. The van der Waals surface area contributed by atoms with Gasteiger partial charge >= 0.3 is 0 Å². The number of para-hydroxylation sites is 2. The predicted molar refractivity (Wildman–Crippen MR) is 78.1 cm³/mol. The van der Waals surface area contributed by atoms with E-state index in [-0.39, 0.29) is 11.5 Å². The normalized spacial score (nSPS) is 9.47. The summed E-state index contributed by atoms with van der Waals surface area (Å²) in [5, 5.41) is 18.0. The van der Waals surface area contributed by atoms with Crippen molar-refractivity contribution in [2.45, 2.75) is 0 Å². The summed E-state index contributed by atoms with van der Waals surface area (Å²) in [4.78, 5) is 0. The van der Waals surface area contributed by atoms with E-state index in [9.17, 15) is 4.39 Å². The van der Waals surface area contributed by atoms with Crippen LogP contribution in [-0.2, 0) is 0 Å². The highest BCUT2D eigenvalue weighted by atomic mass is 79.9. The Hall–Kier alpha value is -1.27. The van der Waals surface area contributed by atoms with Crippen molar-refractivity contribution in [3.05, 3.63) is 51.2 Å². The summed E-state index contributed by atoms with van der Waals surface area (Å²) in [6.07, 6.45) is 0. The average Bonchev–Trinajstić information content (AvgIpc) is 2.40. The zero-order chi connectivity index (χ0) is 14.4. The molecular formula is C13H11Br2FO3. The third-order valence-corrected chi connectivity index (χ3v) is 3.39. The number of hydrogen-bond acceptors (Lipinski definition) is 3. The van der Waals surface area contributed by atoms with E-state index in [1.54, 1.807) is 12.1 Å². The second kappa shape index (κ2) is 7.35. The summed E-state index contributed by atoms with van der Waals surface area (Å²) >= 11 is 6.33. The molecule has 0 bridgehead atoms. The predicted octanol–water partition coefficient (Wildman–Crippen LogP) is 4.46. The van der Waals surface area contributed by atoms with Crippen molar-refractivity contribution in [3.63, 3.8) is 0 Å². The van der Waals surface area contributed by atoms with Gasteiger partial charge in [0.15, 0.2) is 17.3 Å². The maximum absolute atomic E-state index is 12.4. The van der Waals surface area contributed by atoms with Crippen LogP contribution in [-0.4, -0.2) is 17.3 Å². The number of benzene rings is 2. The first-order valence-electron chi connectivity index (χ1n) is 5.11. The molecule has 0 aromatic heterocycles. The lowest BCUT2D eigenvalue weighted by molar-refractivity contribution is 0.357. The van der Waals surface area contributed by atoms with Gasteiger partial charge in [0.2, 0.25) is 0 Å². The maximum Gasteiger partial charge on any atom is 0.194 e. The van der Waals surface area contributed by atoms with Crippen LogP contribution in [0.1, 0.15) is 0 Å². The van der Waals surface area contributed by atoms with Crippen LogP contribution >= 0.6 is 31.9 Å². The lowest BCUT2D eigenvalue weighted by Crippen LogP contribution is -1.84. The number of rotatable bonds is 1. The Morgan fingerprint density at radius 2 is 1.47 bits per heavy atom. The number of hydrogen-bond donors (Lipinski definition) is 2. The minimum absolute atomic E-state index is 0.153. The van der Waals surface area contributed by atoms with E-state index in [2.05, 4.69) is 36.6 Å². The molecule has 2 rings (SSSR count). The first kappa shape index (κ1) is 15.8. The van der Waals surface area contributed by atoms with E-state index >= 15 is 0 Å². The number of phenolic OH excluding ortho intramolecular Hbond substituents is 2.